The Labute approximate surface area is 111 Å². The van der Waals surface area contributed by atoms with Crippen molar-refractivity contribution in [1.29, 1.82) is 0 Å². The Kier molecular flexibility index (Phi) is 3.87. The molecule has 0 fully saturated rings. The van der Waals surface area contributed by atoms with Crippen molar-refractivity contribution in [3.63, 3.8) is 0 Å². The van der Waals surface area contributed by atoms with E-state index in [0.29, 0.717) is 11.7 Å². The lowest BCUT2D eigenvalue weighted by atomic mass is 10.2. The minimum absolute atomic E-state index is 0.126. The largest absolute Gasteiger partial charge is 0.491 e. The second-order valence-corrected chi connectivity index (χ2v) is 4.92. The molecule has 0 aliphatic rings. The summed E-state index contributed by atoms with van der Waals surface area (Å²) in [6, 6.07) is 7.55. The van der Waals surface area contributed by atoms with Crippen molar-refractivity contribution in [1.82, 2.24) is 10.1 Å². The fourth-order valence-corrected chi connectivity index (χ4v) is 1.58. The van der Waals surface area contributed by atoms with E-state index in [4.69, 9.17) is 20.9 Å². The van der Waals surface area contributed by atoms with E-state index in [0.717, 1.165) is 11.3 Å². The molecule has 4 nitrogen and oxygen atoms in total. The average molecular weight is 267 g/mol. The lowest BCUT2D eigenvalue weighted by Crippen LogP contribution is -2.05. The van der Waals surface area contributed by atoms with Gasteiger partial charge in [-0.3, -0.25) is 0 Å². The maximum absolute atomic E-state index is 5.89. The topological polar surface area (TPSA) is 48.2 Å². The normalized spacial score (nSPS) is 12.7. The molecule has 2 aromatic rings. The van der Waals surface area contributed by atoms with Crippen molar-refractivity contribution in [2.45, 2.75) is 32.3 Å². The Morgan fingerprint density at radius 2 is 2.06 bits per heavy atom. The summed E-state index contributed by atoms with van der Waals surface area (Å²) >= 11 is 5.89. The van der Waals surface area contributed by atoms with E-state index in [1.54, 1.807) is 6.92 Å². The molecule has 0 bridgehead atoms. The molecule has 1 unspecified atom stereocenters. The van der Waals surface area contributed by atoms with Gasteiger partial charge in [0.1, 0.15) is 5.75 Å². The van der Waals surface area contributed by atoms with E-state index in [1.165, 1.54) is 0 Å². The van der Waals surface area contributed by atoms with Crippen LogP contribution in [0.1, 0.15) is 32.0 Å². The molecule has 0 aliphatic carbocycles. The third kappa shape index (κ3) is 3.01. The van der Waals surface area contributed by atoms with Crippen molar-refractivity contribution < 1.29 is 9.26 Å². The summed E-state index contributed by atoms with van der Waals surface area (Å²) in [5.41, 5.74) is 0.823. The van der Waals surface area contributed by atoms with Gasteiger partial charge in [0.05, 0.1) is 11.5 Å². The Balaban J connectivity index is 2.26. The van der Waals surface area contributed by atoms with E-state index < -0.39 is 0 Å². The second-order valence-electron chi connectivity index (χ2n) is 4.27. The van der Waals surface area contributed by atoms with Gasteiger partial charge < -0.3 is 9.26 Å². The van der Waals surface area contributed by atoms with Gasteiger partial charge in [-0.1, -0.05) is 11.2 Å². The molecule has 96 valence electrons. The summed E-state index contributed by atoms with van der Waals surface area (Å²) in [5, 5.41) is 3.56. The third-order valence-corrected chi connectivity index (χ3v) is 2.45. The van der Waals surface area contributed by atoms with E-state index in [-0.39, 0.29) is 11.5 Å². The second kappa shape index (κ2) is 5.40. The predicted octanol–water partition coefficient (Wildman–Crippen LogP) is 3.82. The van der Waals surface area contributed by atoms with Crippen molar-refractivity contribution in [3.8, 4) is 17.2 Å². The van der Waals surface area contributed by atoms with E-state index in [1.807, 2.05) is 38.1 Å². The highest BCUT2D eigenvalue weighted by Crippen LogP contribution is 2.25. The van der Waals surface area contributed by atoms with Gasteiger partial charge in [-0.25, -0.2) is 0 Å². The molecule has 0 saturated carbocycles. The number of halogens is 1. The maximum atomic E-state index is 5.89. The molecule has 1 atom stereocenters. The Hall–Kier alpha value is -1.55. The summed E-state index contributed by atoms with van der Waals surface area (Å²) in [7, 11) is 0. The summed E-state index contributed by atoms with van der Waals surface area (Å²) in [6.07, 6.45) is 0.126. The number of aromatic nitrogens is 2. The molecule has 0 radical (unpaired) electrons. The molecular weight excluding hydrogens is 252 g/mol. The van der Waals surface area contributed by atoms with Crippen molar-refractivity contribution in [3.05, 3.63) is 30.1 Å². The van der Waals surface area contributed by atoms with Crippen LogP contribution in [0.25, 0.3) is 11.5 Å². The first-order valence-corrected chi connectivity index (χ1v) is 6.24. The Morgan fingerprint density at radius 1 is 1.28 bits per heavy atom. The number of ether oxygens (including phenoxy) is 1. The van der Waals surface area contributed by atoms with Crippen molar-refractivity contribution in [2.75, 3.05) is 0 Å². The van der Waals surface area contributed by atoms with Gasteiger partial charge in [-0.15, -0.1) is 11.6 Å². The number of hydrogen-bond acceptors (Lipinski definition) is 4. The van der Waals surface area contributed by atoms with Crippen LogP contribution in [0.15, 0.2) is 28.8 Å². The summed E-state index contributed by atoms with van der Waals surface area (Å²) in [5.74, 6) is 1.72. The van der Waals surface area contributed by atoms with Gasteiger partial charge in [0.25, 0.3) is 5.89 Å². The average Bonchev–Trinajstić information content (AvgIpc) is 2.77. The number of benzene rings is 1. The lowest BCUT2D eigenvalue weighted by Gasteiger charge is -2.09. The molecule has 18 heavy (non-hydrogen) atoms. The van der Waals surface area contributed by atoms with Crippen LogP contribution in [0.2, 0.25) is 0 Å². The molecule has 0 aliphatic heterocycles. The molecular formula is C13H15ClN2O2. The number of rotatable bonds is 4. The van der Waals surface area contributed by atoms with Crippen LogP contribution in [0.4, 0.5) is 0 Å². The molecule has 5 heteroatoms. The van der Waals surface area contributed by atoms with Gasteiger partial charge in [0, 0.05) is 5.56 Å². The molecule has 2 rings (SSSR count). The number of alkyl halides is 1. The van der Waals surface area contributed by atoms with Crippen LogP contribution in [0.3, 0.4) is 0 Å². The first-order chi connectivity index (χ1) is 8.56. The monoisotopic (exact) mass is 266 g/mol. The fourth-order valence-electron chi connectivity index (χ4n) is 1.49. The van der Waals surface area contributed by atoms with Crippen LogP contribution >= 0.6 is 11.6 Å². The highest BCUT2D eigenvalue weighted by molar-refractivity contribution is 6.20. The van der Waals surface area contributed by atoms with E-state index >= 15 is 0 Å². The minimum Gasteiger partial charge on any atom is -0.491 e. The fraction of sp³-hybridized carbons (Fsp3) is 0.385. The molecule has 0 saturated heterocycles. The van der Waals surface area contributed by atoms with Crippen molar-refractivity contribution >= 4 is 11.6 Å². The minimum atomic E-state index is -0.266. The highest BCUT2D eigenvalue weighted by Gasteiger charge is 2.13. The zero-order chi connectivity index (χ0) is 13.1. The maximum Gasteiger partial charge on any atom is 0.258 e. The van der Waals surface area contributed by atoms with E-state index in [9.17, 15) is 0 Å². The van der Waals surface area contributed by atoms with Gasteiger partial charge >= 0.3 is 0 Å². The zero-order valence-corrected chi connectivity index (χ0v) is 11.3. The quantitative estimate of drug-likeness (QED) is 0.789. The molecule has 1 aromatic heterocycles. The molecule has 0 spiro atoms. The number of nitrogens with zero attached hydrogens (tertiary/aromatic N) is 2. The summed E-state index contributed by atoms with van der Waals surface area (Å²) in [6.45, 7) is 5.76. The van der Waals surface area contributed by atoms with Crippen LogP contribution < -0.4 is 4.74 Å². The van der Waals surface area contributed by atoms with Crippen LogP contribution in [0.5, 0.6) is 5.75 Å². The first-order valence-electron chi connectivity index (χ1n) is 5.81. The Morgan fingerprint density at radius 3 is 2.67 bits per heavy atom. The standard InChI is InChI=1S/C13H15ClN2O2/c1-8(2)17-11-6-4-5-10(7-11)13-15-12(9(3)14)16-18-13/h4-9H,1-3H3. The van der Waals surface area contributed by atoms with Gasteiger partial charge in [-0.2, -0.15) is 4.98 Å². The van der Waals surface area contributed by atoms with Gasteiger partial charge in [0.15, 0.2) is 5.82 Å². The van der Waals surface area contributed by atoms with Crippen LogP contribution in [0, 0.1) is 0 Å². The first kappa shape index (κ1) is 12.9. The van der Waals surface area contributed by atoms with E-state index in [2.05, 4.69) is 10.1 Å². The van der Waals surface area contributed by atoms with Crippen molar-refractivity contribution in [2.24, 2.45) is 0 Å². The van der Waals surface area contributed by atoms with Crippen LogP contribution in [-0.4, -0.2) is 16.2 Å². The summed E-state index contributed by atoms with van der Waals surface area (Å²) in [4.78, 5) is 4.23. The van der Waals surface area contributed by atoms with Gasteiger partial charge in [0.2, 0.25) is 0 Å². The van der Waals surface area contributed by atoms with Crippen LogP contribution in [-0.2, 0) is 0 Å². The smallest absolute Gasteiger partial charge is 0.258 e. The highest BCUT2D eigenvalue weighted by atomic mass is 35.5. The molecule has 0 N–H and O–H groups in total. The third-order valence-electron chi connectivity index (χ3n) is 2.25. The number of hydrogen-bond donors (Lipinski definition) is 0. The lowest BCUT2D eigenvalue weighted by molar-refractivity contribution is 0.242. The molecule has 1 heterocycles. The van der Waals surface area contributed by atoms with Gasteiger partial charge in [-0.05, 0) is 39.0 Å². The SMILES string of the molecule is CC(C)Oc1cccc(-c2nc(C(C)Cl)no2)c1. The zero-order valence-electron chi connectivity index (χ0n) is 10.6. The molecule has 1 aromatic carbocycles. The summed E-state index contributed by atoms with van der Waals surface area (Å²) < 4.78 is 10.8. The Bertz CT molecular complexity index is 523. The predicted molar refractivity (Wildman–Crippen MR) is 69.8 cm³/mol. The molecule has 0 amide bonds.